The predicted molar refractivity (Wildman–Crippen MR) is 193 cm³/mol. The monoisotopic (exact) mass is 640 g/mol. The zero-order valence-electron chi connectivity index (χ0n) is 25.8. The molecule has 4 heterocycles. The van der Waals surface area contributed by atoms with Gasteiger partial charge in [-0.15, -0.1) is 0 Å². The number of benzene rings is 5. The molecule has 5 aromatic carbocycles. The highest BCUT2D eigenvalue weighted by atomic mass is 32.2. The van der Waals surface area contributed by atoms with Gasteiger partial charge in [-0.3, -0.25) is 9.97 Å². The molecule has 9 rings (SSSR count). The van der Waals surface area contributed by atoms with Crippen LogP contribution in [0.5, 0.6) is 0 Å². The van der Waals surface area contributed by atoms with Gasteiger partial charge >= 0.3 is 0 Å². The number of sulfone groups is 1. The Morgan fingerprint density at radius 2 is 1.15 bits per heavy atom. The Morgan fingerprint density at radius 1 is 0.479 bits per heavy atom. The summed E-state index contributed by atoms with van der Waals surface area (Å²) in [6.07, 6.45) is 7.29. The molecule has 5 nitrogen and oxygen atoms in total. The third-order valence-corrected chi connectivity index (χ3v) is 10.7. The zero-order chi connectivity index (χ0) is 32.2. The first-order valence-electron chi connectivity index (χ1n) is 15.8. The second-order valence-electron chi connectivity index (χ2n) is 12.3. The lowest BCUT2D eigenvalue weighted by atomic mass is 9.89. The standard InChI is InChI=1S/C42H28N2O3S/c45-48(46)25-31-13-12-27(32-19-33(29-6-4-16-43-23-29)21-34(20-32)30-7-5-17-44-24-30)22-39(31)36-15-14-28(18-35(36)26-48)37-9-3-11-41-42(37)38-8-1-2-10-40(38)47-41/h1-24H,25-26H2. The molecule has 230 valence electrons. The van der Waals surface area contributed by atoms with Gasteiger partial charge in [0.2, 0.25) is 0 Å². The number of pyridine rings is 2. The molecule has 0 fully saturated rings. The Morgan fingerprint density at radius 3 is 1.88 bits per heavy atom. The van der Waals surface area contributed by atoms with E-state index in [0.29, 0.717) is 0 Å². The number of aromatic nitrogens is 2. The molecule has 0 unspecified atom stereocenters. The van der Waals surface area contributed by atoms with Gasteiger partial charge < -0.3 is 4.42 Å². The van der Waals surface area contributed by atoms with Crippen molar-refractivity contribution < 1.29 is 12.8 Å². The van der Waals surface area contributed by atoms with Crippen LogP contribution in [0.1, 0.15) is 11.1 Å². The summed E-state index contributed by atoms with van der Waals surface area (Å²) < 4.78 is 33.2. The maximum Gasteiger partial charge on any atom is 0.158 e. The van der Waals surface area contributed by atoms with Gasteiger partial charge in [0, 0.05) is 46.7 Å². The molecular weight excluding hydrogens is 613 g/mol. The summed E-state index contributed by atoms with van der Waals surface area (Å²) in [6.45, 7) is 0. The SMILES string of the molecule is O=S1(=O)Cc2cc(-c3cccc4oc5ccccc5c34)ccc2-c2cc(-c3cc(-c4cccnc4)cc(-c4cccnc4)c3)ccc2C1. The lowest BCUT2D eigenvalue weighted by Gasteiger charge is -2.15. The Hall–Kier alpha value is -5.85. The molecule has 0 N–H and O–H groups in total. The van der Waals surface area contributed by atoms with E-state index >= 15 is 0 Å². The van der Waals surface area contributed by atoms with Crippen LogP contribution in [-0.4, -0.2) is 18.4 Å². The molecule has 48 heavy (non-hydrogen) atoms. The number of rotatable bonds is 4. The molecule has 0 amide bonds. The summed E-state index contributed by atoms with van der Waals surface area (Å²) in [4.78, 5) is 8.71. The van der Waals surface area contributed by atoms with Gasteiger partial charge in [0.15, 0.2) is 9.84 Å². The van der Waals surface area contributed by atoms with Crippen molar-refractivity contribution in [3.63, 3.8) is 0 Å². The van der Waals surface area contributed by atoms with Gasteiger partial charge in [0.25, 0.3) is 0 Å². The summed E-state index contributed by atoms with van der Waals surface area (Å²) in [5.74, 6) is -0.0326. The largest absolute Gasteiger partial charge is 0.456 e. The quantitative estimate of drug-likeness (QED) is 0.191. The van der Waals surface area contributed by atoms with Crippen molar-refractivity contribution in [1.82, 2.24) is 9.97 Å². The molecule has 6 heteroatoms. The third kappa shape index (κ3) is 4.98. The number of nitrogens with zero attached hydrogens (tertiary/aromatic N) is 2. The molecular formula is C42H28N2O3S. The maximum absolute atomic E-state index is 13.5. The van der Waals surface area contributed by atoms with E-state index in [0.717, 1.165) is 88.7 Å². The zero-order valence-corrected chi connectivity index (χ0v) is 26.6. The van der Waals surface area contributed by atoms with Gasteiger partial charge in [-0.05, 0) is 110 Å². The van der Waals surface area contributed by atoms with Crippen molar-refractivity contribution in [2.45, 2.75) is 11.5 Å². The topological polar surface area (TPSA) is 73.1 Å². The molecule has 0 atom stereocenters. The molecule has 1 aliphatic rings. The first-order valence-corrected chi connectivity index (χ1v) is 17.6. The van der Waals surface area contributed by atoms with Gasteiger partial charge in [-0.25, -0.2) is 8.42 Å². The summed E-state index contributed by atoms with van der Waals surface area (Å²) in [5.41, 5.74) is 13.3. The van der Waals surface area contributed by atoms with E-state index in [1.54, 1.807) is 12.4 Å². The normalized spacial score (nSPS) is 13.6. The van der Waals surface area contributed by atoms with Crippen LogP contribution in [0.4, 0.5) is 0 Å². The van der Waals surface area contributed by atoms with Crippen LogP contribution in [0.3, 0.4) is 0 Å². The third-order valence-electron chi connectivity index (χ3n) is 9.23. The molecule has 0 radical (unpaired) electrons. The number of hydrogen-bond donors (Lipinski definition) is 0. The summed E-state index contributed by atoms with van der Waals surface area (Å²) >= 11 is 0. The van der Waals surface area contributed by atoms with Crippen LogP contribution < -0.4 is 0 Å². The minimum atomic E-state index is -3.41. The predicted octanol–water partition coefficient (Wildman–Crippen LogP) is 10.1. The first kappa shape index (κ1) is 28.4. The Kier molecular flexibility index (Phi) is 6.59. The molecule has 0 saturated heterocycles. The number of para-hydroxylation sites is 1. The fourth-order valence-electron chi connectivity index (χ4n) is 7.01. The fourth-order valence-corrected chi connectivity index (χ4v) is 8.55. The number of fused-ring (bicyclic) bond motifs is 6. The summed E-state index contributed by atoms with van der Waals surface area (Å²) in [5, 5.41) is 2.07. The van der Waals surface area contributed by atoms with Gasteiger partial charge in [0.05, 0.1) is 11.5 Å². The highest BCUT2D eigenvalue weighted by molar-refractivity contribution is 7.89. The maximum atomic E-state index is 13.5. The molecule has 0 spiro atoms. The Balaban J connectivity index is 1.21. The van der Waals surface area contributed by atoms with Crippen LogP contribution in [0.2, 0.25) is 0 Å². The van der Waals surface area contributed by atoms with E-state index in [4.69, 9.17) is 4.42 Å². The second kappa shape index (κ2) is 11.1. The molecule has 0 bridgehead atoms. The molecule has 3 aromatic heterocycles. The van der Waals surface area contributed by atoms with Crippen molar-refractivity contribution in [2.24, 2.45) is 0 Å². The van der Waals surface area contributed by atoms with Gasteiger partial charge in [-0.2, -0.15) is 0 Å². The van der Waals surface area contributed by atoms with Crippen molar-refractivity contribution in [3.8, 4) is 55.6 Å². The number of furan rings is 1. The van der Waals surface area contributed by atoms with E-state index in [9.17, 15) is 8.42 Å². The van der Waals surface area contributed by atoms with Gasteiger partial charge in [0.1, 0.15) is 11.2 Å². The van der Waals surface area contributed by atoms with Crippen LogP contribution in [-0.2, 0) is 21.3 Å². The molecule has 1 aliphatic heterocycles. The Bertz CT molecular complexity index is 2570. The highest BCUT2D eigenvalue weighted by Crippen LogP contribution is 2.42. The highest BCUT2D eigenvalue weighted by Gasteiger charge is 2.25. The Labute approximate surface area is 278 Å². The van der Waals surface area contributed by atoms with Crippen LogP contribution in [0.15, 0.2) is 151 Å². The lowest BCUT2D eigenvalue weighted by molar-refractivity contribution is 0.595. The molecule has 8 aromatic rings. The minimum absolute atomic E-state index is 0.00869. The van der Waals surface area contributed by atoms with E-state index in [1.807, 2.05) is 67.0 Å². The molecule has 0 saturated carbocycles. The molecule has 0 aliphatic carbocycles. The van der Waals surface area contributed by atoms with E-state index in [1.165, 1.54) is 0 Å². The van der Waals surface area contributed by atoms with Gasteiger partial charge in [-0.1, -0.05) is 66.7 Å². The second-order valence-corrected chi connectivity index (χ2v) is 14.4. The summed E-state index contributed by atoms with van der Waals surface area (Å²) in [6, 6.07) is 41.0. The first-order chi connectivity index (χ1) is 23.5. The van der Waals surface area contributed by atoms with E-state index in [-0.39, 0.29) is 11.5 Å². The van der Waals surface area contributed by atoms with Crippen molar-refractivity contribution in [1.29, 1.82) is 0 Å². The minimum Gasteiger partial charge on any atom is -0.456 e. The van der Waals surface area contributed by atoms with E-state index in [2.05, 4.69) is 76.7 Å². The van der Waals surface area contributed by atoms with Crippen molar-refractivity contribution in [3.05, 3.63) is 157 Å². The van der Waals surface area contributed by atoms with Crippen molar-refractivity contribution >= 4 is 31.8 Å². The van der Waals surface area contributed by atoms with Crippen molar-refractivity contribution in [2.75, 3.05) is 0 Å². The average Bonchev–Trinajstić information content (AvgIpc) is 3.46. The summed E-state index contributed by atoms with van der Waals surface area (Å²) in [7, 11) is -3.41. The fraction of sp³-hybridized carbons (Fsp3) is 0.0476. The van der Waals surface area contributed by atoms with Crippen LogP contribution in [0, 0.1) is 0 Å². The van der Waals surface area contributed by atoms with Crippen LogP contribution in [0.25, 0.3) is 77.6 Å². The van der Waals surface area contributed by atoms with Crippen LogP contribution >= 0.6 is 0 Å². The smallest absolute Gasteiger partial charge is 0.158 e. The lowest BCUT2D eigenvalue weighted by Crippen LogP contribution is -2.05. The number of hydrogen-bond acceptors (Lipinski definition) is 5. The average molecular weight is 641 g/mol. The van der Waals surface area contributed by atoms with E-state index < -0.39 is 9.84 Å².